The summed E-state index contributed by atoms with van der Waals surface area (Å²) in [6, 6.07) is 13.4. The molecule has 0 radical (unpaired) electrons. The average Bonchev–Trinajstić information content (AvgIpc) is 2.91. The zero-order chi connectivity index (χ0) is 27.1. The van der Waals surface area contributed by atoms with E-state index in [1.165, 1.54) is 29.2 Å². The number of nitrogens with one attached hydrogen (secondary N) is 2. The molecule has 0 bridgehead atoms. The van der Waals surface area contributed by atoms with Gasteiger partial charge in [-0.15, -0.1) is 0 Å². The largest absolute Gasteiger partial charge is 0.329 e. The monoisotopic (exact) mass is 517 g/mol. The minimum absolute atomic E-state index is 0.135. The van der Waals surface area contributed by atoms with E-state index in [4.69, 9.17) is 0 Å². The SMILES string of the molecule is Cc1ccc(N(C=O)c2ccc(C(F)(F)NCCN(C)C)cc2)cc1Nc1nccc(-c2cccnc2)n1. The molecular weight excluding hydrogens is 488 g/mol. The van der Waals surface area contributed by atoms with Gasteiger partial charge >= 0.3 is 6.05 Å². The normalized spacial score (nSPS) is 11.4. The molecule has 4 aromatic rings. The van der Waals surface area contributed by atoms with E-state index in [1.807, 2.05) is 44.1 Å². The van der Waals surface area contributed by atoms with Crippen molar-refractivity contribution < 1.29 is 13.6 Å². The number of pyridine rings is 1. The Hall–Kier alpha value is -4.28. The van der Waals surface area contributed by atoms with Crippen LogP contribution in [0.15, 0.2) is 79.3 Å². The zero-order valence-corrected chi connectivity index (χ0v) is 21.4. The molecule has 0 spiro atoms. The van der Waals surface area contributed by atoms with Gasteiger partial charge in [0.25, 0.3) is 0 Å². The maximum atomic E-state index is 14.5. The Morgan fingerprint density at radius 3 is 2.45 bits per heavy atom. The summed E-state index contributed by atoms with van der Waals surface area (Å²) in [6.45, 7) is 2.54. The number of amides is 1. The van der Waals surface area contributed by atoms with Crippen LogP contribution in [0.4, 0.5) is 31.8 Å². The highest BCUT2D eigenvalue weighted by Gasteiger charge is 2.30. The third-order valence-corrected chi connectivity index (χ3v) is 5.88. The highest BCUT2D eigenvalue weighted by atomic mass is 19.3. The highest BCUT2D eigenvalue weighted by molar-refractivity contribution is 5.88. The van der Waals surface area contributed by atoms with E-state index in [-0.39, 0.29) is 12.1 Å². The summed E-state index contributed by atoms with van der Waals surface area (Å²) in [7, 11) is 3.64. The molecule has 4 rings (SSSR count). The summed E-state index contributed by atoms with van der Waals surface area (Å²) in [5, 5.41) is 5.48. The predicted octanol–water partition coefficient (Wildman–Crippen LogP) is 5.09. The lowest BCUT2D eigenvalue weighted by atomic mass is 10.1. The van der Waals surface area contributed by atoms with Crippen LogP contribution in [0, 0.1) is 6.92 Å². The average molecular weight is 518 g/mol. The number of halogens is 2. The van der Waals surface area contributed by atoms with E-state index in [0.29, 0.717) is 41.7 Å². The van der Waals surface area contributed by atoms with Gasteiger partial charge in [0.1, 0.15) is 0 Å². The van der Waals surface area contributed by atoms with Gasteiger partial charge in [0.05, 0.1) is 11.4 Å². The van der Waals surface area contributed by atoms with Crippen LogP contribution < -0.4 is 15.5 Å². The van der Waals surface area contributed by atoms with Crippen molar-refractivity contribution in [1.82, 2.24) is 25.2 Å². The number of hydrogen-bond acceptors (Lipinski definition) is 7. The number of likely N-dealkylation sites (N-methyl/N-ethyl adjacent to an activating group) is 1. The lowest BCUT2D eigenvalue weighted by Gasteiger charge is -2.22. The van der Waals surface area contributed by atoms with Gasteiger partial charge < -0.3 is 10.2 Å². The van der Waals surface area contributed by atoms with Gasteiger partial charge in [0, 0.05) is 54.2 Å². The Labute approximate surface area is 220 Å². The van der Waals surface area contributed by atoms with Crippen LogP contribution >= 0.6 is 0 Å². The molecule has 2 heterocycles. The van der Waals surface area contributed by atoms with Gasteiger partial charge in [0.2, 0.25) is 12.4 Å². The molecular formula is C28H29F2N7O. The third kappa shape index (κ3) is 6.53. The number of benzene rings is 2. The van der Waals surface area contributed by atoms with Crippen LogP contribution in [0.25, 0.3) is 11.3 Å². The smallest absolute Gasteiger partial charge is 0.324 e. The number of anilines is 4. The van der Waals surface area contributed by atoms with Gasteiger partial charge in [-0.2, -0.15) is 8.78 Å². The molecule has 2 aromatic heterocycles. The summed E-state index contributed by atoms with van der Waals surface area (Å²) in [4.78, 5) is 28.3. The van der Waals surface area contributed by atoms with Crippen LogP contribution in [0.2, 0.25) is 0 Å². The fraction of sp³-hybridized carbons (Fsp3) is 0.214. The molecule has 0 aliphatic carbocycles. The number of carbonyl (C=O) groups excluding carboxylic acids is 1. The summed E-state index contributed by atoms with van der Waals surface area (Å²) in [5.41, 5.74) is 4.02. The molecule has 0 unspecified atom stereocenters. The molecule has 2 N–H and O–H groups in total. The number of aromatic nitrogens is 3. The van der Waals surface area contributed by atoms with Gasteiger partial charge in [-0.1, -0.05) is 6.07 Å². The molecule has 0 saturated heterocycles. The van der Waals surface area contributed by atoms with Gasteiger partial charge in [-0.3, -0.25) is 20.0 Å². The number of rotatable bonds is 11. The summed E-state index contributed by atoms with van der Waals surface area (Å²) in [6.07, 6.45) is 5.72. The molecule has 2 aromatic carbocycles. The van der Waals surface area contributed by atoms with E-state index < -0.39 is 6.05 Å². The maximum absolute atomic E-state index is 14.5. The van der Waals surface area contributed by atoms with Crippen molar-refractivity contribution in [2.24, 2.45) is 0 Å². The first-order valence-corrected chi connectivity index (χ1v) is 12.0. The molecule has 0 atom stereocenters. The predicted molar refractivity (Wildman–Crippen MR) is 145 cm³/mol. The zero-order valence-electron chi connectivity index (χ0n) is 21.4. The Morgan fingerprint density at radius 1 is 1.00 bits per heavy atom. The standard InChI is InChI=1S/C28H29F2N7O/c1-20-6-9-24(17-26(20)35-27-32-14-12-25(34-27)21-5-4-13-31-18-21)37(19-38)23-10-7-22(8-11-23)28(29,30)33-15-16-36(2)3/h4-14,17-19,33H,15-16H2,1-3H3,(H,32,34,35). The summed E-state index contributed by atoms with van der Waals surface area (Å²) in [5.74, 6) is 0.387. The van der Waals surface area contributed by atoms with Crippen molar-refractivity contribution >= 4 is 29.4 Å². The van der Waals surface area contributed by atoms with Crippen molar-refractivity contribution in [3.63, 3.8) is 0 Å². The number of nitrogens with zero attached hydrogens (tertiary/aromatic N) is 5. The molecule has 0 aliphatic heterocycles. The minimum atomic E-state index is -3.19. The lowest BCUT2D eigenvalue weighted by molar-refractivity contribution is -0.106. The van der Waals surface area contributed by atoms with Crippen LogP contribution in [0.5, 0.6) is 0 Å². The second-order valence-corrected chi connectivity index (χ2v) is 8.96. The number of alkyl halides is 2. The summed E-state index contributed by atoms with van der Waals surface area (Å²) >= 11 is 0. The van der Waals surface area contributed by atoms with E-state index >= 15 is 0 Å². The third-order valence-electron chi connectivity index (χ3n) is 5.88. The first-order valence-electron chi connectivity index (χ1n) is 12.0. The number of aryl methyl sites for hydroxylation is 1. The molecule has 0 aliphatic rings. The van der Waals surface area contributed by atoms with Crippen LogP contribution in [-0.2, 0) is 10.8 Å². The topological polar surface area (TPSA) is 86.3 Å². The van der Waals surface area contributed by atoms with E-state index in [2.05, 4.69) is 25.6 Å². The van der Waals surface area contributed by atoms with E-state index in [0.717, 1.165) is 11.1 Å². The lowest BCUT2D eigenvalue weighted by Crippen LogP contribution is -2.38. The van der Waals surface area contributed by atoms with Crippen LogP contribution in [0.3, 0.4) is 0 Å². The Kier molecular flexibility index (Phi) is 8.35. The molecule has 38 heavy (non-hydrogen) atoms. The number of hydrogen-bond donors (Lipinski definition) is 2. The first-order chi connectivity index (χ1) is 18.3. The van der Waals surface area contributed by atoms with Gasteiger partial charge in [-0.05, 0) is 81.2 Å². The van der Waals surface area contributed by atoms with Crippen LogP contribution in [-0.4, -0.2) is 53.4 Å². The summed E-state index contributed by atoms with van der Waals surface area (Å²) < 4.78 is 29.1. The van der Waals surface area contributed by atoms with Gasteiger partial charge in [-0.25, -0.2) is 9.97 Å². The van der Waals surface area contributed by atoms with Crippen molar-refractivity contribution in [3.05, 3.63) is 90.4 Å². The van der Waals surface area contributed by atoms with Crippen LogP contribution in [0.1, 0.15) is 11.1 Å². The molecule has 0 saturated carbocycles. The molecule has 8 nitrogen and oxygen atoms in total. The Balaban J connectivity index is 1.54. The Morgan fingerprint density at radius 2 is 1.76 bits per heavy atom. The Bertz CT molecular complexity index is 1370. The van der Waals surface area contributed by atoms with E-state index in [9.17, 15) is 13.6 Å². The number of carbonyl (C=O) groups is 1. The van der Waals surface area contributed by atoms with Crippen molar-refractivity contribution in [2.75, 3.05) is 37.4 Å². The van der Waals surface area contributed by atoms with Crippen molar-refractivity contribution in [2.45, 2.75) is 13.0 Å². The quantitative estimate of drug-likeness (QED) is 0.212. The highest BCUT2D eigenvalue weighted by Crippen LogP contribution is 2.32. The molecule has 1 amide bonds. The fourth-order valence-corrected chi connectivity index (χ4v) is 3.75. The second kappa shape index (κ2) is 11.8. The fourth-order valence-electron chi connectivity index (χ4n) is 3.75. The van der Waals surface area contributed by atoms with Crippen molar-refractivity contribution in [3.8, 4) is 11.3 Å². The first kappa shape index (κ1) is 26.8. The molecule has 10 heteroatoms. The van der Waals surface area contributed by atoms with E-state index in [1.54, 1.807) is 36.8 Å². The maximum Gasteiger partial charge on any atom is 0.329 e. The van der Waals surface area contributed by atoms with Crippen molar-refractivity contribution in [1.29, 1.82) is 0 Å². The molecule has 196 valence electrons. The van der Waals surface area contributed by atoms with Gasteiger partial charge in [0.15, 0.2) is 0 Å². The minimum Gasteiger partial charge on any atom is -0.324 e. The second-order valence-electron chi connectivity index (χ2n) is 8.96. The molecule has 0 fully saturated rings.